The van der Waals surface area contributed by atoms with E-state index in [2.05, 4.69) is 29.7 Å². The summed E-state index contributed by atoms with van der Waals surface area (Å²) in [6.45, 7) is 4.27. The second-order valence-electron chi connectivity index (χ2n) is 7.07. The molecule has 2 N–H and O–H groups in total. The fraction of sp³-hybridized carbons (Fsp3) is 0.125. The third-order valence-electron chi connectivity index (χ3n) is 4.45. The second-order valence-corrected chi connectivity index (χ2v) is 7.50. The van der Waals surface area contributed by atoms with Gasteiger partial charge in [-0.05, 0) is 53.4 Å². The highest BCUT2D eigenvalue weighted by molar-refractivity contribution is 6.31. The summed E-state index contributed by atoms with van der Waals surface area (Å²) in [5, 5.41) is 7.25. The molecule has 0 saturated heterocycles. The lowest BCUT2D eigenvalue weighted by Gasteiger charge is -2.07. The monoisotopic (exact) mass is 419 g/mol. The Hall–Kier alpha value is -3.44. The summed E-state index contributed by atoms with van der Waals surface area (Å²) < 4.78 is 0. The molecule has 0 spiro atoms. The van der Waals surface area contributed by atoms with Gasteiger partial charge in [-0.3, -0.25) is 9.59 Å². The van der Waals surface area contributed by atoms with Crippen LogP contribution in [0.25, 0.3) is 0 Å². The van der Waals surface area contributed by atoms with Gasteiger partial charge in [-0.15, -0.1) is 0 Å². The van der Waals surface area contributed by atoms with Crippen molar-refractivity contribution in [2.75, 3.05) is 5.32 Å². The maximum Gasteiger partial charge on any atom is 0.271 e. The van der Waals surface area contributed by atoms with E-state index in [0.717, 1.165) is 5.56 Å². The van der Waals surface area contributed by atoms with E-state index in [0.29, 0.717) is 27.8 Å². The predicted octanol–water partition coefficient (Wildman–Crippen LogP) is 5.48. The van der Waals surface area contributed by atoms with Crippen LogP contribution in [0.3, 0.4) is 0 Å². The lowest BCUT2D eigenvalue weighted by atomic mass is 10.0. The zero-order valence-corrected chi connectivity index (χ0v) is 17.5. The van der Waals surface area contributed by atoms with Crippen molar-refractivity contribution in [2.24, 2.45) is 5.10 Å². The molecule has 152 valence electrons. The minimum atomic E-state index is -0.371. The number of anilines is 1. The number of benzene rings is 3. The van der Waals surface area contributed by atoms with Gasteiger partial charge >= 0.3 is 0 Å². The summed E-state index contributed by atoms with van der Waals surface area (Å²) in [5.74, 6) is -0.218. The molecule has 3 aromatic rings. The number of nitrogens with zero attached hydrogens (tertiary/aromatic N) is 1. The van der Waals surface area contributed by atoms with Crippen LogP contribution in [0.4, 0.5) is 5.69 Å². The third kappa shape index (κ3) is 5.78. The average Bonchev–Trinajstić information content (AvgIpc) is 2.74. The standard InChI is InChI=1S/C24H22ClN3O2/c1-16(2)18-11-9-17(10-12-18)15-26-28-24(30)20-6-4-8-22(14-20)27-23(29)19-5-3-7-21(25)13-19/h3-16H,1-2H3,(H,27,29)(H,28,30)/b26-15+. The van der Waals surface area contributed by atoms with Crippen LogP contribution in [-0.2, 0) is 0 Å². The van der Waals surface area contributed by atoms with Gasteiger partial charge in [0.25, 0.3) is 11.8 Å². The van der Waals surface area contributed by atoms with Gasteiger partial charge < -0.3 is 5.32 Å². The summed E-state index contributed by atoms with van der Waals surface area (Å²) in [6.07, 6.45) is 1.59. The molecule has 5 nitrogen and oxygen atoms in total. The molecule has 0 aliphatic heterocycles. The van der Waals surface area contributed by atoms with Gasteiger partial charge in [-0.2, -0.15) is 5.10 Å². The normalized spacial score (nSPS) is 10.9. The SMILES string of the molecule is CC(C)c1ccc(/C=N/NC(=O)c2cccc(NC(=O)c3cccc(Cl)c3)c2)cc1. The van der Waals surface area contributed by atoms with Crippen molar-refractivity contribution in [3.05, 3.63) is 100 Å². The van der Waals surface area contributed by atoms with E-state index in [1.165, 1.54) is 5.56 Å². The number of hydrogen-bond donors (Lipinski definition) is 2. The Kier molecular flexibility index (Phi) is 6.99. The van der Waals surface area contributed by atoms with Crippen LogP contribution >= 0.6 is 11.6 Å². The number of hydrazone groups is 1. The number of nitrogens with one attached hydrogen (secondary N) is 2. The molecule has 0 heterocycles. The first kappa shape index (κ1) is 21.3. The topological polar surface area (TPSA) is 70.6 Å². The summed E-state index contributed by atoms with van der Waals surface area (Å²) in [5.41, 5.74) is 5.96. The maximum atomic E-state index is 12.4. The molecule has 0 fully saturated rings. The first-order valence-corrected chi connectivity index (χ1v) is 9.90. The van der Waals surface area contributed by atoms with E-state index in [9.17, 15) is 9.59 Å². The number of halogens is 1. The number of hydrogen-bond acceptors (Lipinski definition) is 3. The van der Waals surface area contributed by atoms with Crippen molar-refractivity contribution in [2.45, 2.75) is 19.8 Å². The highest BCUT2D eigenvalue weighted by atomic mass is 35.5. The maximum absolute atomic E-state index is 12.4. The molecule has 3 rings (SSSR count). The zero-order chi connectivity index (χ0) is 21.5. The van der Waals surface area contributed by atoms with Gasteiger partial charge in [-0.1, -0.05) is 61.8 Å². The first-order chi connectivity index (χ1) is 14.4. The third-order valence-corrected chi connectivity index (χ3v) is 4.69. The fourth-order valence-electron chi connectivity index (χ4n) is 2.77. The summed E-state index contributed by atoms with van der Waals surface area (Å²) in [7, 11) is 0. The smallest absolute Gasteiger partial charge is 0.271 e. The van der Waals surface area contributed by atoms with Crippen molar-refractivity contribution < 1.29 is 9.59 Å². The van der Waals surface area contributed by atoms with Gasteiger partial charge in [-0.25, -0.2) is 5.43 Å². The molecule has 0 saturated carbocycles. The van der Waals surface area contributed by atoms with Crippen LogP contribution in [0.2, 0.25) is 5.02 Å². The molecule has 0 unspecified atom stereocenters. The highest BCUT2D eigenvalue weighted by Crippen LogP contribution is 2.16. The average molecular weight is 420 g/mol. The minimum absolute atomic E-state index is 0.307. The molecule has 0 aromatic heterocycles. The molecule has 0 atom stereocenters. The largest absolute Gasteiger partial charge is 0.322 e. The fourth-order valence-corrected chi connectivity index (χ4v) is 2.96. The molecule has 0 radical (unpaired) electrons. The molecule has 3 aromatic carbocycles. The van der Waals surface area contributed by atoms with Gasteiger partial charge in [0.2, 0.25) is 0 Å². The van der Waals surface area contributed by atoms with Crippen molar-refractivity contribution in [1.29, 1.82) is 0 Å². The van der Waals surface area contributed by atoms with E-state index >= 15 is 0 Å². The van der Waals surface area contributed by atoms with Crippen LogP contribution in [-0.4, -0.2) is 18.0 Å². The van der Waals surface area contributed by atoms with Crippen molar-refractivity contribution in [3.8, 4) is 0 Å². The Morgan fingerprint density at radius 1 is 0.900 bits per heavy atom. The lowest BCUT2D eigenvalue weighted by Crippen LogP contribution is -2.18. The second kappa shape index (κ2) is 9.85. The Morgan fingerprint density at radius 2 is 1.57 bits per heavy atom. The number of rotatable bonds is 6. The van der Waals surface area contributed by atoms with Gasteiger partial charge in [0, 0.05) is 21.8 Å². The van der Waals surface area contributed by atoms with Gasteiger partial charge in [0.05, 0.1) is 6.21 Å². The molecule has 0 aliphatic carbocycles. The predicted molar refractivity (Wildman–Crippen MR) is 121 cm³/mol. The molecular weight excluding hydrogens is 398 g/mol. The van der Waals surface area contributed by atoms with Crippen molar-refractivity contribution in [3.63, 3.8) is 0 Å². The number of amides is 2. The minimum Gasteiger partial charge on any atom is -0.322 e. The van der Waals surface area contributed by atoms with Crippen LogP contribution < -0.4 is 10.7 Å². The molecule has 0 bridgehead atoms. The van der Waals surface area contributed by atoms with Crippen molar-refractivity contribution >= 4 is 35.3 Å². The number of carbonyl (C=O) groups excluding carboxylic acids is 2. The Morgan fingerprint density at radius 3 is 2.23 bits per heavy atom. The molecule has 30 heavy (non-hydrogen) atoms. The zero-order valence-electron chi connectivity index (χ0n) is 16.7. The Bertz CT molecular complexity index is 1080. The van der Waals surface area contributed by atoms with Crippen LogP contribution in [0.15, 0.2) is 77.9 Å². The van der Waals surface area contributed by atoms with E-state index in [-0.39, 0.29) is 11.8 Å². The molecule has 0 aliphatic rings. The van der Waals surface area contributed by atoms with Crippen LogP contribution in [0, 0.1) is 0 Å². The van der Waals surface area contributed by atoms with E-state index in [1.807, 2.05) is 24.3 Å². The van der Waals surface area contributed by atoms with Crippen molar-refractivity contribution in [1.82, 2.24) is 5.43 Å². The van der Waals surface area contributed by atoms with E-state index < -0.39 is 0 Å². The lowest BCUT2D eigenvalue weighted by molar-refractivity contribution is 0.0953. The van der Waals surface area contributed by atoms with Crippen LogP contribution in [0.5, 0.6) is 0 Å². The summed E-state index contributed by atoms with van der Waals surface area (Å²) in [6, 6.07) is 21.3. The molecular formula is C24H22ClN3O2. The first-order valence-electron chi connectivity index (χ1n) is 9.53. The molecule has 6 heteroatoms. The quantitative estimate of drug-likeness (QED) is 0.410. The molecule has 2 amide bonds. The van der Waals surface area contributed by atoms with E-state index in [4.69, 9.17) is 11.6 Å². The number of carbonyl (C=O) groups is 2. The Labute approximate surface area is 180 Å². The van der Waals surface area contributed by atoms with Gasteiger partial charge in [0.1, 0.15) is 0 Å². The summed E-state index contributed by atoms with van der Waals surface area (Å²) >= 11 is 5.93. The van der Waals surface area contributed by atoms with Gasteiger partial charge in [0.15, 0.2) is 0 Å². The highest BCUT2D eigenvalue weighted by Gasteiger charge is 2.09. The Balaban J connectivity index is 1.62. The van der Waals surface area contributed by atoms with E-state index in [1.54, 1.807) is 54.7 Å². The summed E-state index contributed by atoms with van der Waals surface area (Å²) in [4.78, 5) is 24.7. The van der Waals surface area contributed by atoms with Crippen LogP contribution in [0.1, 0.15) is 51.6 Å².